The van der Waals surface area contributed by atoms with E-state index in [1.807, 2.05) is 0 Å². The maximum Gasteiger partial charge on any atom is 0 e. The molecule has 2 N–H and O–H groups in total. The van der Waals surface area contributed by atoms with Gasteiger partial charge in [0.2, 0.25) is 0 Å². The molecule has 1 rings (SSSR count). The van der Waals surface area contributed by atoms with E-state index in [-0.39, 0.29) is 27.2 Å². The molecule has 1 saturated heterocycles. The van der Waals surface area contributed by atoms with Gasteiger partial charge in [-0.25, -0.2) is 0 Å². The summed E-state index contributed by atoms with van der Waals surface area (Å²) in [6, 6.07) is 0. The molecule has 0 saturated carbocycles. The molecule has 0 aliphatic carbocycles. The van der Waals surface area contributed by atoms with Gasteiger partial charge in [-0.05, 0) is 17.8 Å². The van der Waals surface area contributed by atoms with E-state index in [0.29, 0.717) is 11.3 Å². The first kappa shape index (κ1) is 12.6. The Labute approximate surface area is 89.9 Å². The number of nitrogens with zero attached hydrogens (tertiary/aromatic N) is 1. The van der Waals surface area contributed by atoms with Crippen molar-refractivity contribution < 1.29 is 21.1 Å². The summed E-state index contributed by atoms with van der Waals surface area (Å²) in [5.74, 6) is 0.634. The van der Waals surface area contributed by atoms with Crippen LogP contribution in [0.2, 0.25) is 0 Å². The molecule has 1 aliphatic rings. The van der Waals surface area contributed by atoms with Crippen molar-refractivity contribution in [1.82, 2.24) is 0 Å². The molecule has 1 aliphatic heterocycles. The molecule has 3 heteroatoms. The fourth-order valence-electron chi connectivity index (χ4n) is 1.72. The normalized spacial score (nSPS) is 30.0. The van der Waals surface area contributed by atoms with Gasteiger partial charge in [-0.2, -0.15) is 0 Å². The summed E-state index contributed by atoms with van der Waals surface area (Å²) in [5.41, 5.74) is 6.22. The topological polar surface area (TPSA) is 40.1 Å². The van der Waals surface area contributed by atoms with E-state index in [9.17, 15) is 0 Å². The molecular formula is C9H19N2W-. The molecule has 1 fully saturated rings. The third-order valence-electron chi connectivity index (χ3n) is 2.20. The zero-order chi connectivity index (χ0) is 8.48. The number of hydrogen-bond acceptors (Lipinski definition) is 1. The first-order chi connectivity index (χ1) is 4.99. The fraction of sp³-hybridized carbons (Fsp3) is 1.00. The molecule has 0 spiro atoms. The van der Waals surface area contributed by atoms with Crippen molar-refractivity contribution in [3.8, 4) is 0 Å². The van der Waals surface area contributed by atoms with Gasteiger partial charge in [-0.15, -0.1) is 6.54 Å². The van der Waals surface area contributed by atoms with Crippen molar-refractivity contribution in [2.75, 3.05) is 6.54 Å². The molecule has 12 heavy (non-hydrogen) atoms. The average Bonchev–Trinajstić information content (AvgIpc) is 2.12. The van der Waals surface area contributed by atoms with Crippen molar-refractivity contribution in [1.29, 1.82) is 0 Å². The monoisotopic (exact) mass is 339 g/mol. The van der Waals surface area contributed by atoms with Crippen molar-refractivity contribution in [2.24, 2.45) is 17.1 Å². The summed E-state index contributed by atoms with van der Waals surface area (Å²) in [6.45, 7) is 7.76. The van der Waals surface area contributed by atoms with Gasteiger partial charge in [-0.1, -0.05) is 33.4 Å². The minimum absolute atomic E-state index is 0. The van der Waals surface area contributed by atoms with Gasteiger partial charge in [0.25, 0.3) is 0 Å². The summed E-state index contributed by atoms with van der Waals surface area (Å²) >= 11 is 0. The Balaban J connectivity index is 0.00000121. The van der Waals surface area contributed by atoms with Gasteiger partial charge in [0.1, 0.15) is 0 Å². The zero-order valence-corrected chi connectivity index (χ0v) is 11.1. The summed E-state index contributed by atoms with van der Waals surface area (Å²) in [5, 5.41) is 4.28. The van der Waals surface area contributed by atoms with Crippen molar-refractivity contribution in [3.05, 3.63) is 5.32 Å². The standard InChI is InChI=1S/C9H19N2.W/c1-9(2,3)6-7-4-5-11-8(7)10;/h7-8H,4-6,10H2,1-3H3;/q-1;. The Bertz CT molecular complexity index is 131. The Morgan fingerprint density at radius 2 is 2.00 bits per heavy atom. The van der Waals surface area contributed by atoms with Crippen molar-refractivity contribution in [3.63, 3.8) is 0 Å². The Hall–Kier alpha value is 0.608. The second kappa shape index (κ2) is 4.74. The second-order valence-corrected chi connectivity index (χ2v) is 4.71. The average molecular weight is 339 g/mol. The number of rotatable bonds is 1. The van der Waals surface area contributed by atoms with E-state index in [0.717, 1.165) is 6.54 Å². The summed E-state index contributed by atoms with van der Waals surface area (Å²) in [7, 11) is 0. The molecule has 0 aromatic rings. The third kappa shape index (κ3) is 4.02. The van der Waals surface area contributed by atoms with E-state index < -0.39 is 0 Å². The molecule has 2 atom stereocenters. The van der Waals surface area contributed by atoms with Crippen molar-refractivity contribution >= 4 is 0 Å². The fourth-order valence-corrected chi connectivity index (χ4v) is 1.72. The molecule has 0 amide bonds. The summed E-state index contributed by atoms with van der Waals surface area (Å²) in [6.07, 6.45) is 2.52. The van der Waals surface area contributed by atoms with Crippen molar-refractivity contribution in [2.45, 2.75) is 39.8 Å². The van der Waals surface area contributed by atoms with Gasteiger partial charge < -0.3 is 11.1 Å². The maximum absolute atomic E-state index is 5.82. The molecule has 0 radical (unpaired) electrons. The van der Waals surface area contributed by atoms with Crippen LogP contribution in [0.5, 0.6) is 0 Å². The summed E-state index contributed by atoms with van der Waals surface area (Å²) in [4.78, 5) is 0. The van der Waals surface area contributed by atoms with Crippen LogP contribution in [0.15, 0.2) is 0 Å². The first-order valence-corrected chi connectivity index (χ1v) is 4.41. The van der Waals surface area contributed by atoms with Gasteiger partial charge >= 0.3 is 0 Å². The quantitative estimate of drug-likeness (QED) is 0.781. The molecule has 0 aromatic carbocycles. The predicted octanol–water partition coefficient (Wildman–Crippen LogP) is 2.10. The molecule has 72 valence electrons. The Morgan fingerprint density at radius 1 is 1.42 bits per heavy atom. The molecule has 0 aromatic heterocycles. The minimum atomic E-state index is 0. The second-order valence-electron chi connectivity index (χ2n) is 4.71. The van der Waals surface area contributed by atoms with Crippen LogP contribution in [-0.2, 0) is 21.1 Å². The van der Waals surface area contributed by atoms with Gasteiger partial charge in [0, 0.05) is 21.1 Å². The smallest absolute Gasteiger partial charge is 0 e. The summed E-state index contributed by atoms with van der Waals surface area (Å²) < 4.78 is 0. The van der Waals surface area contributed by atoms with E-state index in [4.69, 9.17) is 5.73 Å². The van der Waals surface area contributed by atoms with Crippen LogP contribution >= 0.6 is 0 Å². The van der Waals surface area contributed by atoms with Crippen LogP contribution < -0.4 is 5.73 Å². The van der Waals surface area contributed by atoms with Crippen LogP contribution in [0.1, 0.15) is 33.6 Å². The number of nitrogens with two attached hydrogens (primary N) is 1. The minimum Gasteiger partial charge on any atom is -0.647 e. The van der Waals surface area contributed by atoms with Gasteiger partial charge in [-0.3, -0.25) is 0 Å². The van der Waals surface area contributed by atoms with E-state index in [2.05, 4.69) is 26.1 Å². The Kier molecular flexibility index (Phi) is 4.98. The van der Waals surface area contributed by atoms with E-state index >= 15 is 0 Å². The van der Waals surface area contributed by atoms with Crippen LogP contribution in [0.25, 0.3) is 5.32 Å². The maximum atomic E-state index is 5.82. The largest absolute Gasteiger partial charge is 0.647 e. The molecular weight excluding hydrogens is 320 g/mol. The molecule has 1 heterocycles. The van der Waals surface area contributed by atoms with Crippen LogP contribution in [-0.4, -0.2) is 12.7 Å². The van der Waals surface area contributed by atoms with Gasteiger partial charge in [0.05, 0.1) is 0 Å². The Morgan fingerprint density at radius 3 is 2.33 bits per heavy atom. The van der Waals surface area contributed by atoms with Gasteiger partial charge in [0.15, 0.2) is 0 Å². The first-order valence-electron chi connectivity index (χ1n) is 4.41. The van der Waals surface area contributed by atoms with Crippen LogP contribution in [0.3, 0.4) is 0 Å². The van der Waals surface area contributed by atoms with E-state index in [1.165, 1.54) is 12.8 Å². The third-order valence-corrected chi connectivity index (χ3v) is 2.20. The zero-order valence-electron chi connectivity index (χ0n) is 8.21. The van der Waals surface area contributed by atoms with Crippen LogP contribution in [0, 0.1) is 11.3 Å². The predicted molar refractivity (Wildman–Crippen MR) is 48.4 cm³/mol. The molecule has 2 unspecified atom stereocenters. The van der Waals surface area contributed by atoms with E-state index in [1.54, 1.807) is 0 Å². The molecule has 2 nitrogen and oxygen atoms in total. The molecule has 0 bridgehead atoms. The number of hydrogen-bond donors (Lipinski definition) is 1. The SMILES string of the molecule is CC(C)(C)CC1CC[N-]C1N.[W]. The van der Waals surface area contributed by atoms with Crippen LogP contribution in [0.4, 0.5) is 0 Å².